The largest absolute Gasteiger partial charge is 0.493 e. The average molecular weight is 388 g/mol. The number of thiophene rings is 1. The van der Waals surface area contributed by atoms with Crippen molar-refractivity contribution in [2.75, 3.05) is 27.3 Å². The first-order valence-corrected chi connectivity index (χ1v) is 9.90. The smallest absolute Gasteiger partial charge is 0.252 e. The molecule has 1 N–H and O–H groups in total. The molecule has 1 atom stereocenters. The lowest BCUT2D eigenvalue weighted by Crippen LogP contribution is -2.34. The lowest BCUT2D eigenvalue weighted by molar-refractivity contribution is -0.132. The van der Waals surface area contributed by atoms with E-state index in [-0.39, 0.29) is 17.9 Å². The highest BCUT2D eigenvalue weighted by molar-refractivity contribution is 7.08. The summed E-state index contributed by atoms with van der Waals surface area (Å²) >= 11 is 1.48. The first-order valence-electron chi connectivity index (χ1n) is 8.96. The summed E-state index contributed by atoms with van der Waals surface area (Å²) in [6.45, 7) is 1.07. The van der Waals surface area contributed by atoms with Crippen molar-refractivity contribution in [1.82, 2.24) is 10.2 Å². The zero-order chi connectivity index (χ0) is 19.2. The SMILES string of the molecule is COc1ccc(C2CCCN2C(=O)CCNC(=O)c2ccsc2)cc1OC. The zero-order valence-corrected chi connectivity index (χ0v) is 16.4. The van der Waals surface area contributed by atoms with Gasteiger partial charge in [-0.2, -0.15) is 11.3 Å². The van der Waals surface area contributed by atoms with Gasteiger partial charge in [0, 0.05) is 30.5 Å². The molecule has 1 fully saturated rings. The number of methoxy groups -OCH3 is 2. The topological polar surface area (TPSA) is 67.9 Å². The number of likely N-dealkylation sites (tertiary alicyclic amines) is 1. The molecule has 0 radical (unpaired) electrons. The van der Waals surface area contributed by atoms with Gasteiger partial charge in [-0.05, 0) is 42.0 Å². The summed E-state index contributed by atoms with van der Waals surface area (Å²) in [5.41, 5.74) is 1.68. The van der Waals surface area contributed by atoms with Crippen molar-refractivity contribution in [3.05, 3.63) is 46.2 Å². The van der Waals surface area contributed by atoms with Crippen LogP contribution in [0.5, 0.6) is 11.5 Å². The molecule has 27 heavy (non-hydrogen) atoms. The Morgan fingerprint density at radius 2 is 2.04 bits per heavy atom. The molecule has 1 saturated heterocycles. The minimum Gasteiger partial charge on any atom is -0.493 e. The normalized spacial score (nSPS) is 16.2. The summed E-state index contributed by atoms with van der Waals surface area (Å²) in [5.74, 6) is 1.26. The molecule has 1 aromatic heterocycles. The molecule has 3 rings (SSSR count). The molecule has 1 aliphatic rings. The monoisotopic (exact) mass is 388 g/mol. The van der Waals surface area contributed by atoms with Gasteiger partial charge < -0.3 is 19.7 Å². The van der Waals surface area contributed by atoms with Crippen LogP contribution in [0.3, 0.4) is 0 Å². The van der Waals surface area contributed by atoms with Gasteiger partial charge in [-0.3, -0.25) is 9.59 Å². The van der Waals surface area contributed by atoms with E-state index in [1.807, 2.05) is 28.5 Å². The van der Waals surface area contributed by atoms with Crippen molar-refractivity contribution in [2.45, 2.75) is 25.3 Å². The Kier molecular flexibility index (Phi) is 6.34. The predicted octanol–water partition coefficient (Wildman–Crippen LogP) is 3.25. The van der Waals surface area contributed by atoms with E-state index in [9.17, 15) is 9.59 Å². The Hall–Kier alpha value is -2.54. The molecule has 1 aliphatic heterocycles. The van der Waals surface area contributed by atoms with Gasteiger partial charge in [0.2, 0.25) is 5.91 Å². The molecule has 1 unspecified atom stereocenters. The van der Waals surface area contributed by atoms with Gasteiger partial charge in [0.25, 0.3) is 5.91 Å². The third-order valence-electron chi connectivity index (χ3n) is 4.77. The van der Waals surface area contributed by atoms with Crippen molar-refractivity contribution >= 4 is 23.2 Å². The van der Waals surface area contributed by atoms with Crippen LogP contribution in [0.15, 0.2) is 35.0 Å². The molecule has 0 aliphatic carbocycles. The molecule has 0 bridgehead atoms. The van der Waals surface area contributed by atoms with Crippen LogP contribution in [0.1, 0.15) is 41.2 Å². The van der Waals surface area contributed by atoms with E-state index in [1.165, 1.54) is 11.3 Å². The van der Waals surface area contributed by atoms with Gasteiger partial charge in [-0.1, -0.05) is 6.07 Å². The molecule has 2 amide bonds. The molecule has 2 aromatic rings. The number of ether oxygens (including phenoxy) is 2. The summed E-state index contributed by atoms with van der Waals surface area (Å²) in [6, 6.07) is 7.60. The number of carbonyl (C=O) groups is 2. The summed E-state index contributed by atoms with van der Waals surface area (Å²) in [4.78, 5) is 26.6. The first-order chi connectivity index (χ1) is 13.1. The van der Waals surface area contributed by atoms with Crippen LogP contribution < -0.4 is 14.8 Å². The minimum absolute atomic E-state index is 0.0323. The Balaban J connectivity index is 1.60. The lowest BCUT2D eigenvalue weighted by Gasteiger charge is -2.26. The van der Waals surface area contributed by atoms with Crippen LogP contribution in [0.4, 0.5) is 0 Å². The van der Waals surface area contributed by atoms with Crippen molar-refractivity contribution in [3.8, 4) is 11.5 Å². The Labute approximate surface area is 163 Å². The molecule has 2 heterocycles. The van der Waals surface area contributed by atoms with E-state index in [2.05, 4.69) is 5.32 Å². The number of nitrogens with zero attached hydrogens (tertiary/aromatic N) is 1. The standard InChI is InChI=1S/C20H24N2O4S/c1-25-17-6-5-14(12-18(17)26-2)16-4-3-10-22(16)19(23)7-9-21-20(24)15-8-11-27-13-15/h5-6,8,11-13,16H,3-4,7,9-10H2,1-2H3,(H,21,24). The number of hydrogen-bond acceptors (Lipinski definition) is 5. The third-order valence-corrected chi connectivity index (χ3v) is 5.46. The fraction of sp³-hybridized carbons (Fsp3) is 0.400. The van der Waals surface area contributed by atoms with Crippen LogP contribution in [-0.2, 0) is 4.79 Å². The number of hydrogen-bond donors (Lipinski definition) is 1. The van der Waals surface area contributed by atoms with Crippen LogP contribution in [0.2, 0.25) is 0 Å². The molecule has 1 aromatic carbocycles. The fourth-order valence-electron chi connectivity index (χ4n) is 3.39. The van der Waals surface area contributed by atoms with Crippen molar-refractivity contribution in [1.29, 1.82) is 0 Å². The lowest BCUT2D eigenvalue weighted by atomic mass is 10.0. The van der Waals surface area contributed by atoms with Crippen LogP contribution >= 0.6 is 11.3 Å². The van der Waals surface area contributed by atoms with Gasteiger partial charge >= 0.3 is 0 Å². The summed E-state index contributed by atoms with van der Waals surface area (Å²) < 4.78 is 10.7. The number of nitrogens with one attached hydrogen (secondary N) is 1. The van der Waals surface area contributed by atoms with Gasteiger partial charge in [-0.25, -0.2) is 0 Å². The molecule has 0 spiro atoms. The molecule has 0 saturated carbocycles. The average Bonchev–Trinajstić information content (AvgIpc) is 3.39. The maximum atomic E-state index is 12.7. The highest BCUT2D eigenvalue weighted by Gasteiger charge is 2.30. The van der Waals surface area contributed by atoms with Crippen molar-refractivity contribution in [2.24, 2.45) is 0 Å². The van der Waals surface area contributed by atoms with Gasteiger partial charge in [0.1, 0.15) is 0 Å². The van der Waals surface area contributed by atoms with E-state index in [1.54, 1.807) is 25.7 Å². The molecular weight excluding hydrogens is 364 g/mol. The van der Waals surface area contributed by atoms with E-state index >= 15 is 0 Å². The third kappa shape index (κ3) is 4.42. The highest BCUT2D eigenvalue weighted by Crippen LogP contribution is 2.37. The second-order valence-electron chi connectivity index (χ2n) is 6.38. The maximum absolute atomic E-state index is 12.7. The van der Waals surface area contributed by atoms with E-state index in [0.29, 0.717) is 30.0 Å². The molecule has 7 heteroatoms. The number of benzene rings is 1. The maximum Gasteiger partial charge on any atom is 0.252 e. The predicted molar refractivity (Wildman–Crippen MR) is 105 cm³/mol. The van der Waals surface area contributed by atoms with Crippen molar-refractivity contribution < 1.29 is 19.1 Å². The number of rotatable bonds is 7. The minimum atomic E-state index is -0.137. The quantitative estimate of drug-likeness (QED) is 0.791. The molecular formula is C20H24N2O4S. The Morgan fingerprint density at radius 3 is 2.74 bits per heavy atom. The summed E-state index contributed by atoms with van der Waals surface area (Å²) in [7, 11) is 3.21. The Morgan fingerprint density at radius 1 is 1.22 bits per heavy atom. The molecule has 144 valence electrons. The second-order valence-corrected chi connectivity index (χ2v) is 7.16. The summed E-state index contributed by atoms with van der Waals surface area (Å²) in [6.07, 6.45) is 2.17. The fourth-order valence-corrected chi connectivity index (χ4v) is 4.03. The zero-order valence-electron chi connectivity index (χ0n) is 15.6. The second kappa shape index (κ2) is 8.90. The van der Waals surface area contributed by atoms with E-state index in [4.69, 9.17) is 9.47 Å². The van der Waals surface area contributed by atoms with Gasteiger partial charge in [0.05, 0.1) is 20.3 Å². The van der Waals surface area contributed by atoms with Crippen LogP contribution in [0, 0.1) is 0 Å². The highest BCUT2D eigenvalue weighted by atomic mass is 32.1. The van der Waals surface area contributed by atoms with Gasteiger partial charge in [0.15, 0.2) is 11.5 Å². The van der Waals surface area contributed by atoms with Crippen LogP contribution in [-0.4, -0.2) is 44.0 Å². The summed E-state index contributed by atoms with van der Waals surface area (Å²) in [5, 5.41) is 6.47. The number of amides is 2. The van der Waals surface area contributed by atoms with Gasteiger partial charge in [-0.15, -0.1) is 0 Å². The Bertz CT molecular complexity index is 791. The van der Waals surface area contributed by atoms with E-state index < -0.39 is 0 Å². The molecule has 6 nitrogen and oxygen atoms in total. The van der Waals surface area contributed by atoms with E-state index in [0.717, 1.165) is 24.9 Å². The van der Waals surface area contributed by atoms with Crippen LogP contribution in [0.25, 0.3) is 0 Å². The first kappa shape index (κ1) is 19.2. The van der Waals surface area contributed by atoms with Crippen molar-refractivity contribution in [3.63, 3.8) is 0 Å². The number of carbonyl (C=O) groups excluding carboxylic acids is 2.